The first kappa shape index (κ1) is 12.8. The van der Waals surface area contributed by atoms with E-state index in [9.17, 15) is 4.79 Å². The number of rotatable bonds is 3. The van der Waals surface area contributed by atoms with Crippen LogP contribution in [0, 0.1) is 0 Å². The van der Waals surface area contributed by atoms with Crippen molar-refractivity contribution in [2.45, 2.75) is 12.5 Å². The lowest BCUT2D eigenvalue weighted by molar-refractivity contribution is 0.100. The van der Waals surface area contributed by atoms with Crippen LogP contribution in [0.25, 0.3) is 0 Å². The number of carbonyl (C=O) groups is 1. The van der Waals surface area contributed by atoms with Crippen LogP contribution in [0.2, 0.25) is 0 Å². The normalized spacial score (nSPS) is 18.9. The Labute approximate surface area is 101 Å². The van der Waals surface area contributed by atoms with Crippen molar-refractivity contribution in [1.82, 2.24) is 5.32 Å². The molecule has 5 heteroatoms. The van der Waals surface area contributed by atoms with Crippen molar-refractivity contribution in [1.29, 1.82) is 0 Å². The average molecular weight is 243 g/mol. The van der Waals surface area contributed by atoms with Gasteiger partial charge in [-0.25, -0.2) is 0 Å². The van der Waals surface area contributed by atoms with Gasteiger partial charge in [0.1, 0.15) is 11.9 Å². The van der Waals surface area contributed by atoms with Crippen LogP contribution in [0.5, 0.6) is 5.75 Å². The second-order valence-electron chi connectivity index (χ2n) is 3.62. The van der Waals surface area contributed by atoms with E-state index >= 15 is 0 Å². The summed E-state index contributed by atoms with van der Waals surface area (Å²) < 4.78 is 5.70. The molecule has 0 bridgehead atoms. The summed E-state index contributed by atoms with van der Waals surface area (Å²) in [7, 11) is 0. The molecule has 16 heavy (non-hydrogen) atoms. The zero-order chi connectivity index (χ0) is 10.7. The molecular formula is C11H15ClN2O2. The van der Waals surface area contributed by atoms with E-state index in [-0.39, 0.29) is 18.5 Å². The summed E-state index contributed by atoms with van der Waals surface area (Å²) in [6.45, 7) is 1.89. The summed E-state index contributed by atoms with van der Waals surface area (Å²) in [6, 6.07) is 6.91. The van der Waals surface area contributed by atoms with Crippen molar-refractivity contribution in [3.63, 3.8) is 0 Å². The summed E-state index contributed by atoms with van der Waals surface area (Å²) in [4.78, 5) is 10.8. The van der Waals surface area contributed by atoms with E-state index in [0.29, 0.717) is 5.56 Å². The Morgan fingerprint density at radius 1 is 1.38 bits per heavy atom. The quantitative estimate of drug-likeness (QED) is 0.830. The Morgan fingerprint density at radius 3 is 2.56 bits per heavy atom. The van der Waals surface area contributed by atoms with E-state index in [2.05, 4.69) is 5.32 Å². The first-order valence-electron chi connectivity index (χ1n) is 5.03. The predicted molar refractivity (Wildman–Crippen MR) is 64.1 cm³/mol. The number of amides is 1. The molecule has 1 aromatic rings. The third kappa shape index (κ3) is 3.12. The highest BCUT2D eigenvalue weighted by atomic mass is 35.5. The maximum Gasteiger partial charge on any atom is 0.248 e. The topological polar surface area (TPSA) is 64.4 Å². The monoisotopic (exact) mass is 242 g/mol. The summed E-state index contributed by atoms with van der Waals surface area (Å²) >= 11 is 0. The van der Waals surface area contributed by atoms with E-state index in [1.807, 2.05) is 0 Å². The second kappa shape index (κ2) is 5.72. The van der Waals surface area contributed by atoms with Gasteiger partial charge in [0.25, 0.3) is 0 Å². The molecule has 1 atom stereocenters. The fourth-order valence-corrected chi connectivity index (χ4v) is 1.62. The molecule has 1 heterocycles. The molecular weight excluding hydrogens is 228 g/mol. The number of halogens is 1. The van der Waals surface area contributed by atoms with E-state index in [0.717, 1.165) is 25.3 Å². The van der Waals surface area contributed by atoms with E-state index < -0.39 is 5.91 Å². The maximum absolute atomic E-state index is 10.8. The van der Waals surface area contributed by atoms with Crippen LogP contribution < -0.4 is 15.8 Å². The third-order valence-electron chi connectivity index (χ3n) is 2.46. The van der Waals surface area contributed by atoms with Crippen molar-refractivity contribution < 1.29 is 9.53 Å². The van der Waals surface area contributed by atoms with Gasteiger partial charge in [-0.2, -0.15) is 0 Å². The Bertz CT molecular complexity index is 348. The summed E-state index contributed by atoms with van der Waals surface area (Å²) in [5.74, 6) is 0.373. The Balaban J connectivity index is 0.00000128. The first-order valence-corrected chi connectivity index (χ1v) is 5.03. The molecule has 0 aliphatic carbocycles. The van der Waals surface area contributed by atoms with E-state index in [1.54, 1.807) is 24.3 Å². The van der Waals surface area contributed by atoms with Gasteiger partial charge >= 0.3 is 0 Å². The van der Waals surface area contributed by atoms with Crippen molar-refractivity contribution in [3.8, 4) is 5.75 Å². The molecule has 88 valence electrons. The summed E-state index contributed by atoms with van der Waals surface area (Å²) in [5.41, 5.74) is 5.64. The highest BCUT2D eigenvalue weighted by molar-refractivity contribution is 5.92. The van der Waals surface area contributed by atoms with Gasteiger partial charge in [-0.3, -0.25) is 4.79 Å². The lowest BCUT2D eigenvalue weighted by Crippen LogP contribution is -2.19. The number of nitrogens with two attached hydrogens (primary N) is 1. The number of primary amides is 1. The summed E-state index contributed by atoms with van der Waals surface area (Å²) in [6.07, 6.45) is 1.27. The van der Waals surface area contributed by atoms with E-state index in [1.165, 1.54) is 0 Å². The van der Waals surface area contributed by atoms with Crippen LogP contribution in [0.3, 0.4) is 0 Å². The van der Waals surface area contributed by atoms with Gasteiger partial charge in [0, 0.05) is 12.1 Å². The first-order chi connectivity index (χ1) is 7.25. The van der Waals surface area contributed by atoms with Crippen LogP contribution >= 0.6 is 12.4 Å². The van der Waals surface area contributed by atoms with Gasteiger partial charge < -0.3 is 15.8 Å². The molecule has 1 unspecified atom stereocenters. The molecule has 1 aromatic carbocycles. The number of hydrogen-bond acceptors (Lipinski definition) is 3. The minimum absolute atomic E-state index is 0. The van der Waals surface area contributed by atoms with Gasteiger partial charge in [0.2, 0.25) is 5.91 Å². The lowest BCUT2D eigenvalue weighted by Gasteiger charge is -2.12. The number of hydrogen-bond donors (Lipinski definition) is 2. The van der Waals surface area contributed by atoms with Gasteiger partial charge in [0.05, 0.1) is 0 Å². The maximum atomic E-state index is 10.8. The molecule has 0 aromatic heterocycles. The molecule has 1 aliphatic heterocycles. The van der Waals surface area contributed by atoms with Crippen molar-refractivity contribution in [2.24, 2.45) is 5.73 Å². The highest BCUT2D eigenvalue weighted by Gasteiger charge is 2.15. The molecule has 1 amide bonds. The third-order valence-corrected chi connectivity index (χ3v) is 2.46. The van der Waals surface area contributed by atoms with Crippen LogP contribution in [0.1, 0.15) is 16.8 Å². The largest absolute Gasteiger partial charge is 0.489 e. The van der Waals surface area contributed by atoms with Crippen LogP contribution in [0.15, 0.2) is 24.3 Å². The van der Waals surface area contributed by atoms with Gasteiger partial charge in [-0.15, -0.1) is 12.4 Å². The fourth-order valence-electron chi connectivity index (χ4n) is 1.62. The van der Waals surface area contributed by atoms with Crippen LogP contribution in [-0.4, -0.2) is 25.1 Å². The van der Waals surface area contributed by atoms with Crippen LogP contribution in [0.4, 0.5) is 0 Å². The molecule has 1 aliphatic rings. The Kier molecular flexibility index (Phi) is 4.58. The molecule has 0 spiro atoms. The minimum Gasteiger partial charge on any atom is -0.489 e. The molecule has 3 N–H and O–H groups in total. The number of carbonyl (C=O) groups excluding carboxylic acids is 1. The van der Waals surface area contributed by atoms with E-state index in [4.69, 9.17) is 10.5 Å². The fraction of sp³-hybridized carbons (Fsp3) is 0.364. The van der Waals surface area contributed by atoms with Crippen molar-refractivity contribution in [3.05, 3.63) is 29.8 Å². The number of benzene rings is 1. The zero-order valence-electron chi connectivity index (χ0n) is 8.81. The lowest BCUT2D eigenvalue weighted by atomic mass is 10.2. The smallest absolute Gasteiger partial charge is 0.248 e. The molecule has 1 fully saturated rings. The molecule has 0 radical (unpaired) electrons. The standard InChI is InChI=1S/C11H14N2O2.ClH/c12-11(14)8-1-3-9(4-2-8)15-10-5-6-13-7-10;/h1-4,10,13H,5-7H2,(H2,12,14);1H. The molecule has 2 rings (SSSR count). The zero-order valence-corrected chi connectivity index (χ0v) is 9.63. The molecule has 4 nitrogen and oxygen atoms in total. The Hall–Kier alpha value is -1.26. The van der Waals surface area contributed by atoms with Gasteiger partial charge in [-0.1, -0.05) is 0 Å². The molecule has 1 saturated heterocycles. The number of ether oxygens (including phenoxy) is 1. The SMILES string of the molecule is Cl.NC(=O)c1ccc(OC2CCNC2)cc1. The summed E-state index contributed by atoms with van der Waals surface area (Å²) in [5, 5.41) is 3.22. The van der Waals surface area contributed by atoms with Gasteiger partial charge in [0.15, 0.2) is 0 Å². The predicted octanol–water partition coefficient (Wildman–Crippen LogP) is 0.948. The Morgan fingerprint density at radius 2 is 2.06 bits per heavy atom. The minimum atomic E-state index is -0.413. The van der Waals surface area contributed by atoms with Crippen molar-refractivity contribution in [2.75, 3.05) is 13.1 Å². The molecule has 0 saturated carbocycles. The van der Waals surface area contributed by atoms with Crippen LogP contribution in [-0.2, 0) is 0 Å². The van der Waals surface area contributed by atoms with Gasteiger partial charge in [-0.05, 0) is 37.2 Å². The highest BCUT2D eigenvalue weighted by Crippen LogP contribution is 2.15. The van der Waals surface area contributed by atoms with Crippen molar-refractivity contribution >= 4 is 18.3 Å². The second-order valence-corrected chi connectivity index (χ2v) is 3.62. The number of nitrogens with one attached hydrogen (secondary N) is 1. The average Bonchev–Trinajstić information content (AvgIpc) is 2.71.